The van der Waals surface area contributed by atoms with Crippen LogP contribution >= 0.6 is 0 Å². The van der Waals surface area contributed by atoms with Crippen LogP contribution in [0.25, 0.3) is 11.0 Å². The minimum Gasteiger partial charge on any atom is -0.349 e. The SMILES string of the molecule is O=C(CCn1cnc2ccccc21)Nc1cccc(C(=O)NC2CC2)c1. The number of rotatable bonds is 6. The second-order valence-corrected chi connectivity index (χ2v) is 6.55. The Labute approximate surface area is 151 Å². The molecule has 1 fully saturated rings. The van der Waals surface area contributed by atoms with Crippen LogP contribution in [0.4, 0.5) is 5.69 Å². The van der Waals surface area contributed by atoms with E-state index < -0.39 is 0 Å². The van der Waals surface area contributed by atoms with E-state index in [2.05, 4.69) is 15.6 Å². The monoisotopic (exact) mass is 348 g/mol. The van der Waals surface area contributed by atoms with Gasteiger partial charge >= 0.3 is 0 Å². The number of amides is 2. The standard InChI is InChI=1S/C20H20N4O2/c25-19(10-11-24-13-21-17-6-1-2-7-18(17)24)22-16-5-3-4-14(12-16)20(26)23-15-8-9-15/h1-7,12-13,15H,8-11H2,(H,22,25)(H,23,26). The van der Waals surface area contributed by atoms with Gasteiger partial charge in [-0.1, -0.05) is 18.2 Å². The van der Waals surface area contributed by atoms with Gasteiger partial charge in [0.25, 0.3) is 5.91 Å². The quantitative estimate of drug-likeness (QED) is 0.719. The number of imidazole rings is 1. The summed E-state index contributed by atoms with van der Waals surface area (Å²) in [6.07, 6.45) is 4.18. The molecule has 1 aromatic heterocycles. The molecule has 2 aromatic carbocycles. The van der Waals surface area contributed by atoms with Crippen molar-refractivity contribution in [1.29, 1.82) is 0 Å². The zero-order chi connectivity index (χ0) is 17.9. The molecule has 0 radical (unpaired) electrons. The van der Waals surface area contributed by atoms with Gasteiger partial charge in [0.15, 0.2) is 0 Å². The summed E-state index contributed by atoms with van der Waals surface area (Å²) in [6.45, 7) is 0.550. The number of carbonyl (C=O) groups is 2. The van der Waals surface area contributed by atoms with Crippen molar-refractivity contribution in [3.05, 3.63) is 60.4 Å². The van der Waals surface area contributed by atoms with Crippen molar-refractivity contribution < 1.29 is 9.59 Å². The Morgan fingerprint density at radius 2 is 1.96 bits per heavy atom. The molecule has 1 aliphatic rings. The van der Waals surface area contributed by atoms with Gasteiger partial charge in [0.1, 0.15) is 0 Å². The molecule has 0 atom stereocenters. The lowest BCUT2D eigenvalue weighted by molar-refractivity contribution is -0.116. The number of nitrogens with zero attached hydrogens (tertiary/aromatic N) is 2. The van der Waals surface area contributed by atoms with Crippen LogP contribution < -0.4 is 10.6 Å². The zero-order valence-electron chi connectivity index (χ0n) is 14.3. The molecule has 0 spiro atoms. The van der Waals surface area contributed by atoms with E-state index in [-0.39, 0.29) is 11.8 Å². The summed E-state index contributed by atoms with van der Waals surface area (Å²) in [6, 6.07) is 15.2. The van der Waals surface area contributed by atoms with Gasteiger partial charge in [-0.25, -0.2) is 4.98 Å². The normalized spacial score (nSPS) is 13.5. The number of para-hydroxylation sites is 2. The average Bonchev–Trinajstić information content (AvgIpc) is 3.37. The van der Waals surface area contributed by atoms with Gasteiger partial charge in [0.05, 0.1) is 17.4 Å². The Bertz CT molecular complexity index is 959. The van der Waals surface area contributed by atoms with Crippen LogP contribution in [0.15, 0.2) is 54.9 Å². The topological polar surface area (TPSA) is 76.0 Å². The van der Waals surface area contributed by atoms with Gasteiger partial charge < -0.3 is 15.2 Å². The molecule has 1 saturated carbocycles. The highest BCUT2D eigenvalue weighted by Crippen LogP contribution is 2.20. The molecule has 3 aromatic rings. The maximum atomic E-state index is 12.3. The Morgan fingerprint density at radius 3 is 2.81 bits per heavy atom. The van der Waals surface area contributed by atoms with Gasteiger partial charge in [-0.3, -0.25) is 9.59 Å². The van der Waals surface area contributed by atoms with Crippen LogP contribution in [-0.2, 0) is 11.3 Å². The number of benzene rings is 2. The van der Waals surface area contributed by atoms with E-state index in [1.807, 2.05) is 28.8 Å². The predicted octanol–water partition coefficient (Wildman–Crippen LogP) is 2.96. The summed E-state index contributed by atoms with van der Waals surface area (Å²) in [5, 5.41) is 5.81. The van der Waals surface area contributed by atoms with E-state index in [4.69, 9.17) is 0 Å². The van der Waals surface area contributed by atoms with E-state index in [1.54, 1.807) is 30.6 Å². The fraction of sp³-hybridized carbons (Fsp3) is 0.250. The van der Waals surface area contributed by atoms with E-state index in [1.165, 1.54) is 0 Å². The summed E-state index contributed by atoms with van der Waals surface area (Å²) in [4.78, 5) is 28.7. The van der Waals surface area contributed by atoms with Crippen molar-refractivity contribution in [2.24, 2.45) is 0 Å². The first-order chi connectivity index (χ1) is 12.7. The highest BCUT2D eigenvalue weighted by atomic mass is 16.2. The zero-order valence-corrected chi connectivity index (χ0v) is 14.3. The Hall–Kier alpha value is -3.15. The second kappa shape index (κ2) is 7.00. The summed E-state index contributed by atoms with van der Waals surface area (Å²) in [5.41, 5.74) is 3.13. The number of hydrogen-bond acceptors (Lipinski definition) is 3. The number of anilines is 1. The third-order valence-corrected chi connectivity index (χ3v) is 4.43. The van der Waals surface area contributed by atoms with E-state index in [0.717, 1.165) is 23.9 Å². The molecule has 6 nitrogen and oxygen atoms in total. The van der Waals surface area contributed by atoms with Crippen molar-refractivity contribution in [3.63, 3.8) is 0 Å². The average molecular weight is 348 g/mol. The molecule has 26 heavy (non-hydrogen) atoms. The molecule has 2 N–H and O–H groups in total. The predicted molar refractivity (Wildman–Crippen MR) is 99.9 cm³/mol. The maximum absolute atomic E-state index is 12.3. The molecule has 132 valence electrons. The van der Waals surface area contributed by atoms with Gasteiger partial charge in [0.2, 0.25) is 5.91 Å². The molecular weight excluding hydrogens is 328 g/mol. The Balaban J connectivity index is 1.36. The van der Waals surface area contributed by atoms with Crippen molar-refractivity contribution in [2.75, 3.05) is 5.32 Å². The molecule has 0 bridgehead atoms. The fourth-order valence-corrected chi connectivity index (χ4v) is 2.87. The molecule has 0 saturated heterocycles. The van der Waals surface area contributed by atoms with E-state index in [0.29, 0.717) is 30.3 Å². The number of carbonyl (C=O) groups excluding carboxylic acids is 2. The van der Waals surface area contributed by atoms with Gasteiger partial charge in [-0.05, 0) is 43.2 Å². The van der Waals surface area contributed by atoms with Gasteiger partial charge in [0, 0.05) is 30.3 Å². The molecule has 2 amide bonds. The largest absolute Gasteiger partial charge is 0.349 e. The third kappa shape index (κ3) is 3.74. The van der Waals surface area contributed by atoms with Gasteiger partial charge in [-0.2, -0.15) is 0 Å². The fourth-order valence-electron chi connectivity index (χ4n) is 2.87. The Kier molecular flexibility index (Phi) is 4.39. The lowest BCUT2D eigenvalue weighted by Crippen LogP contribution is -2.25. The number of nitrogens with one attached hydrogen (secondary N) is 2. The molecule has 0 aliphatic heterocycles. The van der Waals surface area contributed by atoms with Crippen molar-refractivity contribution in [1.82, 2.24) is 14.9 Å². The van der Waals surface area contributed by atoms with Crippen molar-refractivity contribution in [3.8, 4) is 0 Å². The minimum absolute atomic E-state index is 0.0894. The smallest absolute Gasteiger partial charge is 0.251 e. The minimum atomic E-state index is -0.0949. The third-order valence-electron chi connectivity index (χ3n) is 4.43. The van der Waals surface area contributed by atoms with Crippen molar-refractivity contribution >= 4 is 28.5 Å². The molecule has 0 unspecified atom stereocenters. The van der Waals surface area contributed by atoms with Crippen LogP contribution in [0, 0.1) is 0 Å². The number of aromatic nitrogens is 2. The molecule has 4 rings (SSSR count). The van der Waals surface area contributed by atoms with E-state index >= 15 is 0 Å². The van der Waals surface area contributed by atoms with Crippen LogP contribution in [0.2, 0.25) is 0 Å². The molecular formula is C20H20N4O2. The van der Waals surface area contributed by atoms with Crippen LogP contribution in [0.5, 0.6) is 0 Å². The summed E-state index contributed by atoms with van der Waals surface area (Å²) < 4.78 is 1.97. The first-order valence-corrected chi connectivity index (χ1v) is 8.80. The molecule has 1 heterocycles. The lowest BCUT2D eigenvalue weighted by atomic mass is 10.2. The first-order valence-electron chi connectivity index (χ1n) is 8.80. The van der Waals surface area contributed by atoms with Gasteiger partial charge in [-0.15, -0.1) is 0 Å². The molecule has 6 heteroatoms. The van der Waals surface area contributed by atoms with E-state index in [9.17, 15) is 9.59 Å². The maximum Gasteiger partial charge on any atom is 0.251 e. The van der Waals surface area contributed by atoms with Crippen LogP contribution in [0.1, 0.15) is 29.6 Å². The van der Waals surface area contributed by atoms with Crippen molar-refractivity contribution in [2.45, 2.75) is 31.8 Å². The number of fused-ring (bicyclic) bond motifs is 1. The summed E-state index contributed by atoms with van der Waals surface area (Å²) >= 11 is 0. The molecule has 1 aliphatic carbocycles. The second-order valence-electron chi connectivity index (χ2n) is 6.55. The number of hydrogen-bond donors (Lipinski definition) is 2. The highest BCUT2D eigenvalue weighted by molar-refractivity contribution is 5.97. The lowest BCUT2D eigenvalue weighted by Gasteiger charge is -2.09. The summed E-state index contributed by atoms with van der Waals surface area (Å²) in [5.74, 6) is -0.184. The Morgan fingerprint density at radius 1 is 1.12 bits per heavy atom. The first kappa shape index (κ1) is 16.3. The number of aryl methyl sites for hydroxylation is 1. The van der Waals surface area contributed by atoms with Crippen LogP contribution in [0.3, 0.4) is 0 Å². The highest BCUT2D eigenvalue weighted by Gasteiger charge is 2.23. The summed E-state index contributed by atoms with van der Waals surface area (Å²) in [7, 11) is 0. The van der Waals surface area contributed by atoms with Crippen LogP contribution in [-0.4, -0.2) is 27.4 Å².